The van der Waals surface area contributed by atoms with Crippen molar-refractivity contribution >= 4 is 16.3 Å². The molecule has 0 saturated carbocycles. The average molecular weight is 371 g/mol. The molecule has 3 rings (SSSR count). The van der Waals surface area contributed by atoms with Crippen molar-refractivity contribution in [1.29, 1.82) is 0 Å². The van der Waals surface area contributed by atoms with Gasteiger partial charge in [-0.25, -0.2) is 4.98 Å². The van der Waals surface area contributed by atoms with Gasteiger partial charge in [0.2, 0.25) is 4.96 Å². The van der Waals surface area contributed by atoms with Crippen molar-refractivity contribution in [2.24, 2.45) is 5.92 Å². The molecule has 0 spiro atoms. The van der Waals surface area contributed by atoms with Crippen LogP contribution in [-0.2, 0) is 19.5 Å². The zero-order valence-electron chi connectivity index (χ0n) is 15.7. The SMILES string of the molecule is CCCc1nn2c(=O)cc(CN(Cc3ccccc3)CC(C)C)nc2s1. The second-order valence-electron chi connectivity index (χ2n) is 7.07. The first-order valence-corrected chi connectivity index (χ1v) is 10.0. The monoisotopic (exact) mass is 370 g/mol. The molecule has 0 aliphatic rings. The summed E-state index contributed by atoms with van der Waals surface area (Å²) in [6.45, 7) is 9.01. The van der Waals surface area contributed by atoms with Crippen molar-refractivity contribution in [1.82, 2.24) is 19.5 Å². The van der Waals surface area contributed by atoms with Gasteiger partial charge in [0.1, 0.15) is 5.01 Å². The Morgan fingerprint density at radius 2 is 1.96 bits per heavy atom. The molecule has 2 heterocycles. The highest BCUT2D eigenvalue weighted by molar-refractivity contribution is 7.16. The summed E-state index contributed by atoms with van der Waals surface area (Å²) < 4.78 is 1.43. The second kappa shape index (κ2) is 8.56. The molecule has 0 saturated heterocycles. The van der Waals surface area contributed by atoms with E-state index in [-0.39, 0.29) is 5.56 Å². The standard InChI is InChI=1S/C20H26N4OS/c1-4-8-18-22-24-19(25)11-17(21-20(24)26-18)14-23(12-15(2)3)13-16-9-6-5-7-10-16/h5-7,9-11,15H,4,8,12-14H2,1-3H3. The first-order valence-electron chi connectivity index (χ1n) is 9.20. The molecule has 1 aromatic carbocycles. The van der Waals surface area contributed by atoms with Gasteiger partial charge in [0, 0.05) is 32.1 Å². The van der Waals surface area contributed by atoms with Crippen LogP contribution in [0.15, 0.2) is 41.2 Å². The Morgan fingerprint density at radius 3 is 2.65 bits per heavy atom. The average Bonchev–Trinajstić information content (AvgIpc) is 2.98. The van der Waals surface area contributed by atoms with Crippen LogP contribution in [-0.4, -0.2) is 26.0 Å². The lowest BCUT2D eigenvalue weighted by atomic mass is 10.1. The van der Waals surface area contributed by atoms with Crippen LogP contribution in [0, 0.1) is 5.92 Å². The molecule has 0 atom stereocenters. The van der Waals surface area contributed by atoms with E-state index < -0.39 is 0 Å². The second-order valence-corrected chi connectivity index (χ2v) is 8.12. The van der Waals surface area contributed by atoms with Gasteiger partial charge in [-0.05, 0) is 17.9 Å². The predicted octanol–water partition coefficient (Wildman–Crippen LogP) is 3.76. The molecule has 0 N–H and O–H groups in total. The van der Waals surface area contributed by atoms with E-state index in [1.54, 1.807) is 6.07 Å². The van der Waals surface area contributed by atoms with Crippen LogP contribution in [0.25, 0.3) is 4.96 Å². The molecule has 0 unspecified atom stereocenters. The summed E-state index contributed by atoms with van der Waals surface area (Å²) in [6.07, 6.45) is 1.90. The quantitative estimate of drug-likeness (QED) is 0.606. The molecule has 0 aliphatic carbocycles. The summed E-state index contributed by atoms with van der Waals surface area (Å²) in [4.78, 5) is 20.2. The summed E-state index contributed by atoms with van der Waals surface area (Å²) >= 11 is 1.52. The van der Waals surface area contributed by atoms with Gasteiger partial charge in [-0.3, -0.25) is 9.69 Å². The molecule has 0 amide bonds. The fraction of sp³-hybridized carbons (Fsp3) is 0.450. The Morgan fingerprint density at radius 1 is 1.19 bits per heavy atom. The van der Waals surface area contributed by atoms with Crippen LogP contribution >= 0.6 is 11.3 Å². The van der Waals surface area contributed by atoms with Crippen LogP contribution in [0.5, 0.6) is 0 Å². The number of aromatic nitrogens is 3. The summed E-state index contributed by atoms with van der Waals surface area (Å²) in [5, 5.41) is 5.35. The highest BCUT2D eigenvalue weighted by Crippen LogP contribution is 2.15. The minimum atomic E-state index is -0.0900. The number of hydrogen-bond donors (Lipinski definition) is 0. The zero-order chi connectivity index (χ0) is 18.5. The van der Waals surface area contributed by atoms with E-state index in [0.29, 0.717) is 17.4 Å². The lowest BCUT2D eigenvalue weighted by molar-refractivity contribution is 0.225. The van der Waals surface area contributed by atoms with E-state index in [0.717, 1.165) is 36.6 Å². The van der Waals surface area contributed by atoms with E-state index in [4.69, 9.17) is 4.98 Å². The van der Waals surface area contributed by atoms with Gasteiger partial charge in [0.05, 0.1) is 5.69 Å². The Labute approximate surface area is 158 Å². The first-order chi connectivity index (χ1) is 12.5. The van der Waals surface area contributed by atoms with Crippen molar-refractivity contribution in [3.63, 3.8) is 0 Å². The van der Waals surface area contributed by atoms with Crippen molar-refractivity contribution in [3.8, 4) is 0 Å². The third-order valence-corrected chi connectivity index (χ3v) is 5.03. The molecular formula is C20H26N4OS. The van der Waals surface area contributed by atoms with Gasteiger partial charge in [0.15, 0.2) is 0 Å². The first kappa shape index (κ1) is 18.7. The fourth-order valence-electron chi connectivity index (χ4n) is 3.06. The Kier molecular flexibility index (Phi) is 6.16. The van der Waals surface area contributed by atoms with E-state index in [1.165, 1.54) is 21.4 Å². The van der Waals surface area contributed by atoms with Gasteiger partial charge in [-0.1, -0.05) is 62.4 Å². The molecule has 138 valence electrons. The normalized spacial score (nSPS) is 11.7. The number of benzene rings is 1. The molecule has 26 heavy (non-hydrogen) atoms. The highest BCUT2D eigenvalue weighted by atomic mass is 32.1. The van der Waals surface area contributed by atoms with E-state index >= 15 is 0 Å². The van der Waals surface area contributed by atoms with Crippen LogP contribution in [0.3, 0.4) is 0 Å². The van der Waals surface area contributed by atoms with E-state index in [2.05, 4.69) is 55.0 Å². The van der Waals surface area contributed by atoms with Crippen molar-refractivity contribution in [3.05, 3.63) is 63.0 Å². The van der Waals surface area contributed by atoms with Gasteiger partial charge in [0.25, 0.3) is 5.56 Å². The largest absolute Gasteiger partial charge is 0.293 e. The van der Waals surface area contributed by atoms with E-state index in [9.17, 15) is 4.79 Å². The summed E-state index contributed by atoms with van der Waals surface area (Å²) in [5.41, 5.74) is 2.00. The number of aryl methyl sites for hydroxylation is 1. The molecule has 0 bridgehead atoms. The van der Waals surface area contributed by atoms with Crippen molar-refractivity contribution < 1.29 is 0 Å². The van der Waals surface area contributed by atoms with Gasteiger partial charge < -0.3 is 0 Å². The molecular weight excluding hydrogens is 344 g/mol. The van der Waals surface area contributed by atoms with Crippen LogP contribution in [0.2, 0.25) is 0 Å². The number of rotatable bonds is 8. The number of nitrogens with zero attached hydrogens (tertiary/aromatic N) is 4. The predicted molar refractivity (Wildman–Crippen MR) is 107 cm³/mol. The van der Waals surface area contributed by atoms with Crippen molar-refractivity contribution in [2.45, 2.75) is 46.7 Å². The lowest BCUT2D eigenvalue weighted by Crippen LogP contribution is -2.28. The van der Waals surface area contributed by atoms with Gasteiger partial charge in [-0.15, -0.1) is 0 Å². The lowest BCUT2D eigenvalue weighted by Gasteiger charge is -2.24. The Hall–Kier alpha value is -2.05. The van der Waals surface area contributed by atoms with Gasteiger partial charge >= 0.3 is 0 Å². The summed E-state index contributed by atoms with van der Waals surface area (Å²) in [6, 6.07) is 12.1. The van der Waals surface area contributed by atoms with Crippen molar-refractivity contribution in [2.75, 3.05) is 6.54 Å². The molecule has 0 aliphatic heterocycles. The maximum Gasteiger partial charge on any atom is 0.275 e. The zero-order valence-corrected chi connectivity index (χ0v) is 16.5. The minimum Gasteiger partial charge on any atom is -0.293 e. The molecule has 0 radical (unpaired) electrons. The minimum absolute atomic E-state index is 0.0900. The molecule has 0 fully saturated rings. The Balaban J connectivity index is 1.84. The highest BCUT2D eigenvalue weighted by Gasteiger charge is 2.13. The maximum absolute atomic E-state index is 12.4. The molecule has 6 heteroatoms. The topological polar surface area (TPSA) is 50.5 Å². The van der Waals surface area contributed by atoms with Crippen LogP contribution < -0.4 is 5.56 Å². The molecule has 2 aromatic heterocycles. The number of hydrogen-bond acceptors (Lipinski definition) is 5. The Bertz CT molecular complexity index is 901. The third kappa shape index (κ3) is 4.77. The van der Waals surface area contributed by atoms with E-state index in [1.807, 2.05) is 6.07 Å². The smallest absolute Gasteiger partial charge is 0.275 e. The summed E-state index contributed by atoms with van der Waals surface area (Å²) in [5.74, 6) is 0.545. The summed E-state index contributed by atoms with van der Waals surface area (Å²) in [7, 11) is 0. The number of fused-ring (bicyclic) bond motifs is 1. The maximum atomic E-state index is 12.4. The molecule has 3 aromatic rings. The fourth-order valence-corrected chi connectivity index (χ4v) is 4.08. The van der Waals surface area contributed by atoms with Gasteiger partial charge in [-0.2, -0.15) is 9.61 Å². The van der Waals surface area contributed by atoms with Crippen LogP contribution in [0.1, 0.15) is 43.5 Å². The van der Waals surface area contributed by atoms with Crippen LogP contribution in [0.4, 0.5) is 0 Å². The molecule has 5 nitrogen and oxygen atoms in total. The third-order valence-electron chi connectivity index (χ3n) is 4.06.